The SMILES string of the molecule is CC(C)C(NP(=O)(OCC1O[C@@H](n2cc(/C=C/Br)c(=O)[nH]c2=O)C[C@H]1O)Oc1ccc(Cl)cc1)C(=O)OCc1ccccc1. The number of hydrogen-bond donors (Lipinski definition) is 3. The van der Waals surface area contributed by atoms with E-state index in [1.807, 2.05) is 30.3 Å². The van der Waals surface area contributed by atoms with Crippen molar-refractivity contribution < 1.29 is 33.0 Å². The molecular weight excluding hydrogens is 681 g/mol. The zero-order valence-electron chi connectivity index (χ0n) is 23.8. The van der Waals surface area contributed by atoms with Crippen LogP contribution in [0.2, 0.25) is 5.02 Å². The molecule has 0 aliphatic carbocycles. The smallest absolute Gasteiger partial charge is 0.459 e. The van der Waals surface area contributed by atoms with Crippen molar-refractivity contribution in [1.29, 1.82) is 0 Å². The van der Waals surface area contributed by atoms with Gasteiger partial charge in [0.2, 0.25) is 0 Å². The number of benzene rings is 2. The molecule has 1 aromatic heterocycles. The Kier molecular flexibility index (Phi) is 11.8. The summed E-state index contributed by atoms with van der Waals surface area (Å²) >= 11 is 9.08. The summed E-state index contributed by atoms with van der Waals surface area (Å²) in [5.74, 6) is -0.921. The summed E-state index contributed by atoms with van der Waals surface area (Å²) in [4.78, 5) is 41.3. The van der Waals surface area contributed by atoms with Crippen LogP contribution < -0.4 is 20.9 Å². The van der Waals surface area contributed by atoms with Crippen molar-refractivity contribution in [3.63, 3.8) is 0 Å². The van der Waals surface area contributed by atoms with E-state index in [9.17, 15) is 24.1 Å². The highest BCUT2D eigenvalue weighted by Gasteiger charge is 2.41. The molecule has 0 radical (unpaired) electrons. The predicted octanol–water partition coefficient (Wildman–Crippen LogP) is 4.77. The second kappa shape index (κ2) is 15.3. The first-order valence-corrected chi connectivity index (χ1v) is 16.5. The maximum Gasteiger partial charge on any atom is 0.459 e. The van der Waals surface area contributed by atoms with Gasteiger partial charge in [-0.2, -0.15) is 5.09 Å². The van der Waals surface area contributed by atoms with Gasteiger partial charge in [0.1, 0.15) is 30.7 Å². The standard InChI is InChI=1S/C29H32BrClN3O9P/c1-18(2)26(28(37)40-16-19-6-4-3-5-7-19)33-44(39,43-22-10-8-21(31)9-11-22)41-17-24-23(35)14-25(42-24)34-15-20(12-13-30)27(36)32-29(34)38/h3-13,15,18,23-26,35H,14,16-17H2,1-2H3,(H,33,39)(H,32,36,38)/b13-12+/t23-,24?,25-,26?,44?/m1/s1. The van der Waals surface area contributed by atoms with Crippen LogP contribution >= 0.6 is 35.3 Å². The molecule has 1 fully saturated rings. The van der Waals surface area contributed by atoms with Crippen molar-refractivity contribution in [2.45, 2.75) is 51.4 Å². The molecule has 236 valence electrons. The number of esters is 1. The molecule has 0 bridgehead atoms. The highest BCUT2D eigenvalue weighted by Crippen LogP contribution is 2.46. The first-order valence-electron chi connectivity index (χ1n) is 13.6. The average molecular weight is 713 g/mol. The largest absolute Gasteiger partial charge is 0.460 e. The van der Waals surface area contributed by atoms with Gasteiger partial charge in [0.25, 0.3) is 5.56 Å². The van der Waals surface area contributed by atoms with Crippen molar-refractivity contribution in [2.75, 3.05) is 6.61 Å². The summed E-state index contributed by atoms with van der Waals surface area (Å²) in [6.45, 7) is 3.05. The zero-order valence-corrected chi connectivity index (χ0v) is 27.0. The Balaban J connectivity index is 1.51. The van der Waals surface area contributed by atoms with Crippen LogP contribution in [0, 0.1) is 5.92 Å². The molecule has 0 spiro atoms. The van der Waals surface area contributed by atoms with Crippen molar-refractivity contribution in [2.24, 2.45) is 5.92 Å². The quantitative estimate of drug-likeness (QED) is 0.167. The topological polar surface area (TPSA) is 158 Å². The number of H-pyrrole nitrogens is 1. The number of ether oxygens (including phenoxy) is 2. The molecule has 2 heterocycles. The molecule has 5 atom stereocenters. The number of aliphatic hydroxyl groups excluding tert-OH is 1. The number of aliphatic hydroxyl groups is 1. The average Bonchev–Trinajstić information content (AvgIpc) is 3.36. The van der Waals surface area contributed by atoms with E-state index in [2.05, 4.69) is 26.0 Å². The second-order valence-corrected chi connectivity index (χ2v) is 12.9. The molecule has 2 aromatic carbocycles. The van der Waals surface area contributed by atoms with Gasteiger partial charge in [0, 0.05) is 17.6 Å². The van der Waals surface area contributed by atoms with E-state index in [1.54, 1.807) is 13.8 Å². The Labute approximate surface area is 266 Å². The van der Waals surface area contributed by atoms with Crippen molar-refractivity contribution in [3.05, 3.63) is 103 Å². The number of carbonyl (C=O) groups excluding carboxylic acids is 1. The summed E-state index contributed by atoms with van der Waals surface area (Å²) in [6.07, 6.45) is -0.383. The Morgan fingerprint density at radius 1 is 1.23 bits per heavy atom. The monoisotopic (exact) mass is 711 g/mol. The molecule has 3 N–H and O–H groups in total. The van der Waals surface area contributed by atoms with Gasteiger partial charge < -0.3 is 19.1 Å². The molecule has 0 amide bonds. The Bertz CT molecular complexity index is 1610. The van der Waals surface area contributed by atoms with E-state index < -0.39 is 62.0 Å². The van der Waals surface area contributed by atoms with Crippen molar-refractivity contribution in [3.8, 4) is 5.75 Å². The number of rotatable bonds is 13. The van der Waals surface area contributed by atoms with Crippen LogP contribution in [0.4, 0.5) is 0 Å². The van der Waals surface area contributed by atoms with Gasteiger partial charge in [-0.25, -0.2) is 9.36 Å². The van der Waals surface area contributed by atoms with Gasteiger partial charge in [0.15, 0.2) is 0 Å². The molecule has 44 heavy (non-hydrogen) atoms. The lowest BCUT2D eigenvalue weighted by Gasteiger charge is -2.27. The fraction of sp³-hybridized carbons (Fsp3) is 0.345. The fourth-order valence-corrected chi connectivity index (χ4v) is 6.37. The van der Waals surface area contributed by atoms with Crippen LogP contribution in [0.3, 0.4) is 0 Å². The third kappa shape index (κ3) is 9.01. The maximum atomic E-state index is 14.1. The molecule has 3 aromatic rings. The lowest BCUT2D eigenvalue weighted by atomic mass is 10.1. The Morgan fingerprint density at radius 2 is 1.93 bits per heavy atom. The molecule has 12 nitrogen and oxygen atoms in total. The lowest BCUT2D eigenvalue weighted by Crippen LogP contribution is -2.42. The normalized spacial score (nSPS) is 20.5. The summed E-state index contributed by atoms with van der Waals surface area (Å²) in [7, 11) is -4.33. The van der Waals surface area contributed by atoms with Crippen LogP contribution in [0.15, 0.2) is 75.4 Å². The third-order valence-corrected chi connectivity index (χ3v) is 8.69. The first-order chi connectivity index (χ1) is 21.0. The van der Waals surface area contributed by atoms with Crippen LogP contribution in [0.5, 0.6) is 5.75 Å². The minimum absolute atomic E-state index is 0.00847. The number of halogens is 2. The minimum atomic E-state index is -4.33. The molecule has 1 saturated heterocycles. The third-order valence-electron chi connectivity index (χ3n) is 6.64. The molecule has 3 unspecified atom stereocenters. The summed E-state index contributed by atoms with van der Waals surface area (Å²) in [5.41, 5.74) is -0.358. The minimum Gasteiger partial charge on any atom is -0.460 e. The van der Waals surface area contributed by atoms with Crippen molar-refractivity contribution in [1.82, 2.24) is 14.6 Å². The van der Waals surface area contributed by atoms with Crippen LogP contribution in [0.25, 0.3) is 6.08 Å². The second-order valence-electron chi connectivity index (χ2n) is 10.3. The Morgan fingerprint density at radius 3 is 2.59 bits per heavy atom. The number of aromatic amines is 1. The lowest BCUT2D eigenvalue weighted by molar-refractivity contribution is -0.148. The molecular formula is C29H32BrClN3O9P. The predicted molar refractivity (Wildman–Crippen MR) is 167 cm³/mol. The number of nitrogens with zero attached hydrogens (tertiary/aromatic N) is 1. The van der Waals surface area contributed by atoms with Crippen molar-refractivity contribution >= 4 is 47.3 Å². The van der Waals surface area contributed by atoms with Gasteiger partial charge in [0.05, 0.1) is 18.3 Å². The number of aromatic nitrogens is 2. The van der Waals surface area contributed by atoms with Gasteiger partial charge >= 0.3 is 19.4 Å². The number of nitrogens with one attached hydrogen (secondary N) is 2. The van der Waals surface area contributed by atoms with Crippen LogP contribution in [0.1, 0.15) is 37.6 Å². The first kappa shape index (κ1) is 33.9. The zero-order chi connectivity index (χ0) is 31.9. The molecule has 15 heteroatoms. The van der Waals surface area contributed by atoms with Gasteiger partial charge in [-0.15, -0.1) is 0 Å². The van der Waals surface area contributed by atoms with E-state index in [0.717, 1.165) is 10.1 Å². The molecule has 4 rings (SSSR count). The van der Waals surface area contributed by atoms with E-state index in [-0.39, 0.29) is 24.3 Å². The van der Waals surface area contributed by atoms with Crippen LogP contribution in [-0.4, -0.2) is 45.5 Å². The Hall–Kier alpha value is -3.03. The van der Waals surface area contributed by atoms with Gasteiger partial charge in [-0.1, -0.05) is 71.7 Å². The highest BCUT2D eigenvalue weighted by molar-refractivity contribution is 9.11. The summed E-state index contributed by atoms with van der Waals surface area (Å²) in [6, 6.07) is 14.0. The number of hydrogen-bond acceptors (Lipinski definition) is 9. The molecule has 1 aliphatic heterocycles. The van der Waals surface area contributed by atoms with Crippen LogP contribution in [-0.2, 0) is 30.0 Å². The summed E-state index contributed by atoms with van der Waals surface area (Å²) in [5, 5.41) is 13.9. The highest BCUT2D eigenvalue weighted by atomic mass is 79.9. The molecule has 1 aliphatic rings. The fourth-order valence-electron chi connectivity index (χ4n) is 4.30. The van der Waals surface area contributed by atoms with Gasteiger partial charge in [-0.3, -0.25) is 23.7 Å². The van der Waals surface area contributed by atoms with E-state index in [4.69, 9.17) is 30.1 Å². The van der Waals surface area contributed by atoms with Gasteiger partial charge in [-0.05, 0) is 46.8 Å². The number of carbonyl (C=O) groups is 1. The molecule has 0 saturated carbocycles. The summed E-state index contributed by atoms with van der Waals surface area (Å²) < 4.78 is 38.1. The maximum absolute atomic E-state index is 14.1. The van der Waals surface area contributed by atoms with E-state index in [1.165, 1.54) is 41.5 Å². The van der Waals surface area contributed by atoms with E-state index in [0.29, 0.717) is 5.02 Å². The van der Waals surface area contributed by atoms with E-state index >= 15 is 0 Å².